The number of hydrogen-bond acceptors (Lipinski definition) is 3. The topological polar surface area (TPSA) is 38.5 Å². The monoisotopic (exact) mass is 242 g/mol. The van der Waals surface area contributed by atoms with Gasteiger partial charge in [0.05, 0.1) is 0 Å². The van der Waals surface area contributed by atoms with Crippen molar-refractivity contribution in [3.63, 3.8) is 0 Å². The maximum atomic E-state index is 6.47. The van der Waals surface area contributed by atoms with Gasteiger partial charge in [-0.2, -0.15) is 0 Å². The van der Waals surface area contributed by atoms with E-state index in [1.54, 1.807) is 7.11 Å². The molecule has 1 rings (SSSR count). The van der Waals surface area contributed by atoms with Crippen molar-refractivity contribution in [3.8, 4) is 0 Å². The third kappa shape index (κ3) is 3.67. The van der Waals surface area contributed by atoms with Gasteiger partial charge in [0.25, 0.3) is 0 Å². The lowest BCUT2D eigenvalue weighted by atomic mass is 9.71. The van der Waals surface area contributed by atoms with Crippen LogP contribution in [0.25, 0.3) is 0 Å². The van der Waals surface area contributed by atoms with Crippen molar-refractivity contribution in [1.82, 2.24) is 4.90 Å². The van der Waals surface area contributed by atoms with Crippen molar-refractivity contribution in [1.29, 1.82) is 0 Å². The summed E-state index contributed by atoms with van der Waals surface area (Å²) in [4.78, 5) is 2.37. The Hall–Kier alpha value is -0.120. The van der Waals surface area contributed by atoms with E-state index in [2.05, 4.69) is 25.9 Å². The van der Waals surface area contributed by atoms with E-state index in [1.807, 2.05) is 0 Å². The van der Waals surface area contributed by atoms with E-state index in [0.29, 0.717) is 0 Å². The molecule has 1 fully saturated rings. The van der Waals surface area contributed by atoms with Gasteiger partial charge < -0.3 is 15.4 Å². The van der Waals surface area contributed by atoms with E-state index in [1.165, 1.54) is 25.7 Å². The van der Waals surface area contributed by atoms with Gasteiger partial charge in [0.2, 0.25) is 0 Å². The van der Waals surface area contributed by atoms with E-state index in [4.69, 9.17) is 10.5 Å². The summed E-state index contributed by atoms with van der Waals surface area (Å²) in [5, 5.41) is 0. The van der Waals surface area contributed by atoms with Crippen LogP contribution in [0.15, 0.2) is 0 Å². The SMILES string of the molecule is COCCCC(N)C1(N(C)C)CCC(C)CC1. The molecule has 0 spiro atoms. The molecule has 1 aliphatic rings. The Morgan fingerprint density at radius 1 is 1.35 bits per heavy atom. The third-order valence-electron chi connectivity index (χ3n) is 4.58. The van der Waals surface area contributed by atoms with Crippen LogP contribution in [-0.2, 0) is 4.74 Å². The number of hydrogen-bond donors (Lipinski definition) is 1. The smallest absolute Gasteiger partial charge is 0.0462 e. The first-order valence-corrected chi connectivity index (χ1v) is 6.95. The Balaban J connectivity index is 2.58. The van der Waals surface area contributed by atoms with Crippen molar-refractivity contribution < 1.29 is 4.74 Å². The lowest BCUT2D eigenvalue weighted by Gasteiger charge is -2.48. The summed E-state index contributed by atoms with van der Waals surface area (Å²) in [6.45, 7) is 3.18. The van der Waals surface area contributed by atoms with Gasteiger partial charge >= 0.3 is 0 Å². The van der Waals surface area contributed by atoms with Gasteiger partial charge in [-0.3, -0.25) is 0 Å². The van der Waals surface area contributed by atoms with Crippen molar-refractivity contribution >= 4 is 0 Å². The van der Waals surface area contributed by atoms with Crippen LogP contribution in [0.1, 0.15) is 45.4 Å². The second-order valence-electron chi connectivity index (χ2n) is 5.92. The highest BCUT2D eigenvalue weighted by Gasteiger charge is 2.40. The molecule has 1 aliphatic carbocycles. The van der Waals surface area contributed by atoms with E-state index >= 15 is 0 Å². The summed E-state index contributed by atoms with van der Waals surface area (Å²) >= 11 is 0. The van der Waals surface area contributed by atoms with Gasteiger partial charge in [-0.05, 0) is 58.5 Å². The molecule has 2 N–H and O–H groups in total. The summed E-state index contributed by atoms with van der Waals surface area (Å²) in [6, 6.07) is 0.278. The minimum absolute atomic E-state index is 0.222. The normalized spacial score (nSPS) is 31.8. The van der Waals surface area contributed by atoms with Crippen LogP contribution in [0.2, 0.25) is 0 Å². The fourth-order valence-electron chi connectivity index (χ4n) is 3.13. The first kappa shape index (κ1) is 14.9. The molecule has 0 aromatic carbocycles. The minimum Gasteiger partial charge on any atom is -0.385 e. The number of methoxy groups -OCH3 is 1. The molecule has 1 atom stereocenters. The molecule has 102 valence electrons. The van der Waals surface area contributed by atoms with E-state index < -0.39 is 0 Å². The second kappa shape index (κ2) is 6.72. The quantitative estimate of drug-likeness (QED) is 0.726. The van der Waals surface area contributed by atoms with Crippen LogP contribution < -0.4 is 5.73 Å². The lowest BCUT2D eigenvalue weighted by molar-refractivity contribution is 0.0506. The zero-order valence-corrected chi connectivity index (χ0v) is 12.0. The average molecular weight is 242 g/mol. The van der Waals surface area contributed by atoms with Crippen LogP contribution in [0.4, 0.5) is 0 Å². The summed E-state index contributed by atoms with van der Waals surface area (Å²) in [5.41, 5.74) is 6.70. The molecule has 0 amide bonds. The van der Waals surface area contributed by atoms with Crippen LogP contribution >= 0.6 is 0 Å². The Morgan fingerprint density at radius 3 is 2.41 bits per heavy atom. The Morgan fingerprint density at radius 2 is 1.94 bits per heavy atom. The number of likely N-dealkylation sites (N-methyl/N-ethyl adjacent to an activating group) is 1. The predicted octanol–water partition coefficient (Wildman–Crippen LogP) is 2.25. The first-order valence-electron chi connectivity index (χ1n) is 6.95. The summed E-state index contributed by atoms with van der Waals surface area (Å²) in [7, 11) is 6.13. The third-order valence-corrected chi connectivity index (χ3v) is 4.58. The molecule has 17 heavy (non-hydrogen) atoms. The lowest BCUT2D eigenvalue weighted by Crippen LogP contribution is -2.59. The van der Waals surface area contributed by atoms with Gasteiger partial charge in [-0.25, -0.2) is 0 Å². The second-order valence-corrected chi connectivity index (χ2v) is 5.92. The van der Waals surface area contributed by atoms with Crippen molar-refractivity contribution in [2.75, 3.05) is 27.8 Å². The van der Waals surface area contributed by atoms with Gasteiger partial charge in [0, 0.05) is 25.3 Å². The molecule has 3 nitrogen and oxygen atoms in total. The maximum absolute atomic E-state index is 6.47. The fraction of sp³-hybridized carbons (Fsp3) is 1.00. The largest absolute Gasteiger partial charge is 0.385 e. The van der Waals surface area contributed by atoms with Crippen molar-refractivity contribution in [2.24, 2.45) is 11.7 Å². The standard InChI is InChI=1S/C14H30N2O/c1-12-7-9-14(10-8-12,16(2)3)13(15)6-5-11-17-4/h12-13H,5-11,15H2,1-4H3. The van der Waals surface area contributed by atoms with Crippen LogP contribution in [0, 0.1) is 5.92 Å². The fourth-order valence-corrected chi connectivity index (χ4v) is 3.13. The Labute approximate surface area is 107 Å². The molecular weight excluding hydrogens is 212 g/mol. The number of nitrogens with zero attached hydrogens (tertiary/aromatic N) is 1. The van der Waals surface area contributed by atoms with Crippen molar-refractivity contribution in [3.05, 3.63) is 0 Å². The number of ether oxygens (including phenoxy) is 1. The molecule has 1 unspecified atom stereocenters. The summed E-state index contributed by atoms with van der Waals surface area (Å²) in [5.74, 6) is 0.870. The highest BCUT2D eigenvalue weighted by Crippen LogP contribution is 2.38. The zero-order chi connectivity index (χ0) is 12.9. The summed E-state index contributed by atoms with van der Waals surface area (Å²) in [6.07, 6.45) is 7.26. The van der Waals surface area contributed by atoms with E-state index in [0.717, 1.165) is 25.4 Å². The molecule has 0 radical (unpaired) electrons. The van der Waals surface area contributed by atoms with Crippen LogP contribution in [-0.4, -0.2) is 44.3 Å². The van der Waals surface area contributed by atoms with Crippen molar-refractivity contribution in [2.45, 2.75) is 57.0 Å². The highest BCUT2D eigenvalue weighted by molar-refractivity contribution is 4.99. The van der Waals surface area contributed by atoms with Crippen LogP contribution in [0.5, 0.6) is 0 Å². The van der Waals surface area contributed by atoms with Crippen LogP contribution in [0.3, 0.4) is 0 Å². The van der Waals surface area contributed by atoms with Gasteiger partial charge in [0.15, 0.2) is 0 Å². The molecule has 0 aliphatic heterocycles. The Bertz CT molecular complexity index is 210. The molecular formula is C14H30N2O. The minimum atomic E-state index is 0.222. The molecule has 0 aromatic rings. The Kier molecular flexibility index (Phi) is 5.90. The summed E-state index contributed by atoms with van der Waals surface area (Å²) < 4.78 is 5.12. The first-order chi connectivity index (χ1) is 8.03. The van der Waals surface area contributed by atoms with Gasteiger partial charge in [0.1, 0.15) is 0 Å². The highest BCUT2D eigenvalue weighted by atomic mass is 16.5. The molecule has 0 heterocycles. The molecule has 0 saturated heterocycles. The molecule has 0 bridgehead atoms. The van der Waals surface area contributed by atoms with Gasteiger partial charge in [-0.15, -0.1) is 0 Å². The zero-order valence-electron chi connectivity index (χ0n) is 12.0. The van der Waals surface area contributed by atoms with E-state index in [-0.39, 0.29) is 11.6 Å². The number of nitrogens with two attached hydrogens (primary N) is 1. The molecule has 0 aromatic heterocycles. The maximum Gasteiger partial charge on any atom is 0.0462 e. The number of rotatable bonds is 6. The van der Waals surface area contributed by atoms with E-state index in [9.17, 15) is 0 Å². The molecule has 1 saturated carbocycles. The predicted molar refractivity (Wildman–Crippen MR) is 73.1 cm³/mol. The average Bonchev–Trinajstić information content (AvgIpc) is 2.30. The molecule has 3 heteroatoms. The van der Waals surface area contributed by atoms with Gasteiger partial charge in [-0.1, -0.05) is 6.92 Å².